The SMILES string of the molecule is OC1CCN([C@@H](c2cccs2)c2nnnn2CCc2ccccc2)CC1. The average Bonchev–Trinajstić information content (AvgIpc) is 3.36. The number of hydrogen-bond donors (Lipinski definition) is 1. The number of aliphatic hydroxyl groups excluding tert-OH is 1. The largest absolute Gasteiger partial charge is 0.393 e. The Morgan fingerprint density at radius 2 is 1.92 bits per heavy atom. The van der Waals surface area contributed by atoms with Gasteiger partial charge in [0.2, 0.25) is 0 Å². The molecule has 6 nitrogen and oxygen atoms in total. The van der Waals surface area contributed by atoms with Gasteiger partial charge in [-0.1, -0.05) is 36.4 Å². The molecule has 1 fully saturated rings. The van der Waals surface area contributed by atoms with Crippen molar-refractivity contribution in [1.82, 2.24) is 25.1 Å². The van der Waals surface area contributed by atoms with E-state index in [4.69, 9.17) is 0 Å². The van der Waals surface area contributed by atoms with Crippen molar-refractivity contribution < 1.29 is 5.11 Å². The van der Waals surface area contributed by atoms with Crippen LogP contribution in [0.3, 0.4) is 0 Å². The molecular formula is C19H23N5OS. The first-order valence-electron chi connectivity index (χ1n) is 9.07. The number of tetrazole rings is 1. The first-order chi connectivity index (χ1) is 12.8. The molecule has 0 amide bonds. The van der Waals surface area contributed by atoms with Crippen LogP contribution in [0.2, 0.25) is 0 Å². The van der Waals surface area contributed by atoms with Crippen LogP contribution < -0.4 is 0 Å². The van der Waals surface area contributed by atoms with Crippen molar-refractivity contribution in [3.63, 3.8) is 0 Å². The molecular weight excluding hydrogens is 346 g/mol. The third kappa shape index (κ3) is 3.85. The van der Waals surface area contributed by atoms with E-state index in [1.165, 1.54) is 10.4 Å². The van der Waals surface area contributed by atoms with Crippen molar-refractivity contribution in [2.24, 2.45) is 0 Å². The predicted octanol–water partition coefficient (Wildman–Crippen LogP) is 2.52. The Bertz CT molecular complexity index is 796. The normalized spacial score (nSPS) is 17.4. The second-order valence-electron chi connectivity index (χ2n) is 6.68. The molecule has 0 saturated carbocycles. The summed E-state index contributed by atoms with van der Waals surface area (Å²) in [6.07, 6.45) is 2.31. The minimum Gasteiger partial charge on any atom is -0.393 e. The van der Waals surface area contributed by atoms with Gasteiger partial charge in [-0.25, -0.2) is 4.68 Å². The number of piperidine rings is 1. The molecule has 1 aliphatic heterocycles. The lowest BCUT2D eigenvalue weighted by Crippen LogP contribution is -2.39. The highest BCUT2D eigenvalue weighted by atomic mass is 32.1. The summed E-state index contributed by atoms with van der Waals surface area (Å²) < 4.78 is 1.93. The van der Waals surface area contributed by atoms with E-state index in [0.29, 0.717) is 0 Å². The highest BCUT2D eigenvalue weighted by molar-refractivity contribution is 7.10. The Morgan fingerprint density at radius 1 is 1.12 bits per heavy atom. The van der Waals surface area contributed by atoms with Crippen molar-refractivity contribution in [3.8, 4) is 0 Å². The van der Waals surface area contributed by atoms with Crippen LogP contribution in [0.15, 0.2) is 47.8 Å². The predicted molar refractivity (Wildman–Crippen MR) is 101 cm³/mol. The number of hydrogen-bond acceptors (Lipinski definition) is 6. The number of rotatable bonds is 6. The summed E-state index contributed by atoms with van der Waals surface area (Å²) in [7, 11) is 0. The van der Waals surface area contributed by atoms with Gasteiger partial charge in [0, 0.05) is 24.5 Å². The van der Waals surface area contributed by atoms with Gasteiger partial charge in [-0.3, -0.25) is 4.90 Å². The molecule has 2 aromatic heterocycles. The van der Waals surface area contributed by atoms with Crippen LogP contribution in [-0.2, 0) is 13.0 Å². The fraction of sp³-hybridized carbons (Fsp3) is 0.421. The molecule has 26 heavy (non-hydrogen) atoms. The molecule has 3 aromatic rings. The lowest BCUT2D eigenvalue weighted by molar-refractivity contribution is 0.0668. The molecule has 1 aromatic carbocycles. The Hall–Kier alpha value is -2.09. The molecule has 1 saturated heterocycles. The molecule has 1 aliphatic rings. The number of aryl methyl sites for hydroxylation is 2. The molecule has 136 valence electrons. The lowest BCUT2D eigenvalue weighted by Gasteiger charge is -2.35. The Balaban J connectivity index is 1.57. The Labute approximate surface area is 157 Å². The summed E-state index contributed by atoms with van der Waals surface area (Å²) in [5, 5.41) is 24.6. The van der Waals surface area contributed by atoms with Gasteiger partial charge >= 0.3 is 0 Å². The fourth-order valence-corrected chi connectivity index (χ4v) is 4.36. The van der Waals surface area contributed by atoms with E-state index < -0.39 is 0 Å². The van der Waals surface area contributed by atoms with Gasteiger partial charge in [0.05, 0.1) is 6.10 Å². The van der Waals surface area contributed by atoms with Gasteiger partial charge < -0.3 is 5.11 Å². The number of aromatic nitrogens is 4. The summed E-state index contributed by atoms with van der Waals surface area (Å²) in [5.74, 6) is 0.889. The molecule has 7 heteroatoms. The highest BCUT2D eigenvalue weighted by Crippen LogP contribution is 2.32. The lowest BCUT2D eigenvalue weighted by atomic mass is 10.0. The van der Waals surface area contributed by atoms with Gasteiger partial charge in [-0.2, -0.15) is 0 Å². The van der Waals surface area contributed by atoms with Crippen molar-refractivity contribution in [2.75, 3.05) is 13.1 Å². The monoisotopic (exact) mass is 369 g/mol. The van der Waals surface area contributed by atoms with Crippen LogP contribution in [0.5, 0.6) is 0 Å². The second kappa shape index (κ2) is 8.07. The average molecular weight is 369 g/mol. The molecule has 0 spiro atoms. The molecule has 0 radical (unpaired) electrons. The van der Waals surface area contributed by atoms with Crippen LogP contribution in [0, 0.1) is 0 Å². The van der Waals surface area contributed by atoms with Crippen LogP contribution in [-0.4, -0.2) is 49.4 Å². The van der Waals surface area contributed by atoms with Crippen molar-refractivity contribution in [1.29, 1.82) is 0 Å². The number of aliphatic hydroxyl groups is 1. The summed E-state index contributed by atoms with van der Waals surface area (Å²) in [5.41, 5.74) is 1.28. The molecule has 0 unspecified atom stereocenters. The fourth-order valence-electron chi connectivity index (χ4n) is 3.51. The van der Waals surface area contributed by atoms with E-state index in [1.807, 2.05) is 10.7 Å². The molecule has 0 bridgehead atoms. The molecule has 0 aliphatic carbocycles. The van der Waals surface area contributed by atoms with Gasteiger partial charge in [0.15, 0.2) is 5.82 Å². The standard InChI is InChI=1S/C19H23N5OS/c25-16-9-11-23(12-10-16)18(17-7-4-14-26-17)19-20-21-22-24(19)13-8-15-5-2-1-3-6-15/h1-7,14,16,18,25H,8-13H2/t18-/m0/s1. The van der Waals surface area contributed by atoms with Gasteiger partial charge in [0.25, 0.3) is 0 Å². The van der Waals surface area contributed by atoms with Crippen molar-refractivity contribution >= 4 is 11.3 Å². The van der Waals surface area contributed by atoms with E-state index in [0.717, 1.165) is 44.7 Å². The van der Waals surface area contributed by atoms with Gasteiger partial charge in [-0.05, 0) is 46.7 Å². The van der Waals surface area contributed by atoms with Crippen molar-refractivity contribution in [2.45, 2.75) is 38.0 Å². The van der Waals surface area contributed by atoms with E-state index in [-0.39, 0.29) is 12.1 Å². The number of nitrogens with zero attached hydrogens (tertiary/aromatic N) is 5. The quantitative estimate of drug-likeness (QED) is 0.723. The maximum atomic E-state index is 9.87. The number of likely N-dealkylation sites (tertiary alicyclic amines) is 1. The number of thiophene rings is 1. The first-order valence-corrected chi connectivity index (χ1v) is 9.95. The van der Waals surface area contributed by atoms with E-state index in [1.54, 1.807) is 11.3 Å². The first kappa shape index (κ1) is 17.3. The molecule has 1 N–H and O–H groups in total. The zero-order valence-corrected chi connectivity index (χ0v) is 15.4. The minimum atomic E-state index is -0.190. The third-order valence-electron chi connectivity index (χ3n) is 4.94. The van der Waals surface area contributed by atoms with E-state index >= 15 is 0 Å². The summed E-state index contributed by atoms with van der Waals surface area (Å²) in [6.45, 7) is 2.47. The Morgan fingerprint density at radius 3 is 2.65 bits per heavy atom. The van der Waals surface area contributed by atoms with E-state index in [2.05, 4.69) is 62.2 Å². The second-order valence-corrected chi connectivity index (χ2v) is 7.66. The van der Waals surface area contributed by atoms with Crippen LogP contribution in [0.25, 0.3) is 0 Å². The maximum Gasteiger partial charge on any atom is 0.173 e. The summed E-state index contributed by atoms with van der Waals surface area (Å²) in [6, 6.07) is 14.7. The van der Waals surface area contributed by atoms with Gasteiger partial charge in [0.1, 0.15) is 6.04 Å². The topological polar surface area (TPSA) is 67.1 Å². The van der Waals surface area contributed by atoms with Crippen LogP contribution in [0.1, 0.15) is 35.1 Å². The molecule has 3 heterocycles. The van der Waals surface area contributed by atoms with Crippen molar-refractivity contribution in [3.05, 3.63) is 64.1 Å². The maximum absolute atomic E-state index is 9.87. The van der Waals surface area contributed by atoms with Crippen LogP contribution in [0.4, 0.5) is 0 Å². The summed E-state index contributed by atoms with van der Waals surface area (Å²) in [4.78, 5) is 3.64. The minimum absolute atomic E-state index is 0.0493. The molecule has 1 atom stereocenters. The number of benzene rings is 1. The zero-order valence-electron chi connectivity index (χ0n) is 14.6. The van der Waals surface area contributed by atoms with Gasteiger partial charge in [-0.15, -0.1) is 16.4 Å². The highest BCUT2D eigenvalue weighted by Gasteiger charge is 2.31. The zero-order chi connectivity index (χ0) is 17.8. The van der Waals surface area contributed by atoms with Crippen LogP contribution >= 0.6 is 11.3 Å². The molecule has 4 rings (SSSR count). The third-order valence-corrected chi connectivity index (χ3v) is 5.86. The smallest absolute Gasteiger partial charge is 0.173 e. The Kier molecular flexibility index (Phi) is 5.38. The van der Waals surface area contributed by atoms with E-state index in [9.17, 15) is 5.11 Å². The summed E-state index contributed by atoms with van der Waals surface area (Å²) >= 11 is 1.73.